The van der Waals surface area contributed by atoms with Crippen LogP contribution in [0.3, 0.4) is 0 Å². The van der Waals surface area contributed by atoms with E-state index in [-0.39, 0.29) is 0 Å². The van der Waals surface area contributed by atoms with E-state index in [0.29, 0.717) is 0 Å². The second-order valence-electron chi connectivity index (χ2n) is 3.85. The zero-order valence-corrected chi connectivity index (χ0v) is 10.2. The zero-order chi connectivity index (χ0) is 17.8. The van der Waals surface area contributed by atoms with Crippen molar-refractivity contribution in [3.8, 4) is 6.07 Å². The van der Waals surface area contributed by atoms with Crippen LogP contribution in [0.5, 0.6) is 0 Å². The fraction of sp³-hybridized carbons (Fsp3) is 0.889. The highest BCUT2D eigenvalue weighted by Gasteiger charge is 2.58. The summed E-state index contributed by atoms with van der Waals surface area (Å²) in [6.07, 6.45) is -14.1. The molecule has 22 heavy (non-hydrogen) atoms. The normalized spacial score (nSPS) is 15.5. The predicted octanol–water partition coefficient (Wildman–Crippen LogP) is 3.31. The molecule has 1 unspecified atom stereocenters. The van der Waals surface area contributed by atoms with Crippen molar-refractivity contribution in [3.63, 3.8) is 0 Å². The summed E-state index contributed by atoms with van der Waals surface area (Å²) >= 11 is 0. The van der Waals surface area contributed by atoms with E-state index in [1.165, 1.54) is 0 Å². The first-order chi connectivity index (χ1) is 9.64. The minimum Gasteiger partial charge on any atom is -0.371 e. The van der Waals surface area contributed by atoms with Crippen LogP contribution in [0.15, 0.2) is 0 Å². The molecule has 3 nitrogen and oxygen atoms in total. The summed E-state index contributed by atoms with van der Waals surface area (Å²) in [5.74, 6) is -10.6. The highest BCUT2D eigenvalue weighted by atomic mass is 19.4. The molecule has 130 valence electrons. The first-order valence-corrected chi connectivity index (χ1v) is 5.12. The number of hydrogen-bond acceptors (Lipinski definition) is 3. The Balaban J connectivity index is 4.40. The molecule has 0 saturated carbocycles. The maximum Gasteiger partial charge on any atom is 0.455 e. The molecule has 0 aliphatic rings. The highest BCUT2D eigenvalue weighted by molar-refractivity contribution is 4.86. The van der Waals surface area contributed by atoms with Gasteiger partial charge in [-0.3, -0.25) is 0 Å². The Morgan fingerprint density at radius 2 is 1.18 bits per heavy atom. The van der Waals surface area contributed by atoms with Gasteiger partial charge < -0.3 is 9.47 Å². The first-order valence-electron chi connectivity index (χ1n) is 5.12. The van der Waals surface area contributed by atoms with Gasteiger partial charge in [0, 0.05) is 0 Å². The van der Waals surface area contributed by atoms with Crippen LogP contribution in [0, 0.1) is 11.3 Å². The van der Waals surface area contributed by atoms with Gasteiger partial charge in [-0.1, -0.05) is 0 Å². The molecule has 0 spiro atoms. The lowest BCUT2D eigenvalue weighted by atomic mass is 10.3. The van der Waals surface area contributed by atoms with Gasteiger partial charge in [-0.2, -0.15) is 49.2 Å². The van der Waals surface area contributed by atoms with E-state index >= 15 is 0 Å². The second kappa shape index (κ2) is 6.86. The Labute approximate surface area is 116 Å². The fourth-order valence-corrected chi connectivity index (χ4v) is 0.786. The summed E-state index contributed by atoms with van der Waals surface area (Å²) in [5.41, 5.74) is 0. The van der Waals surface area contributed by atoms with Gasteiger partial charge in [0.15, 0.2) is 6.10 Å². The fourth-order valence-electron chi connectivity index (χ4n) is 0.786. The summed E-state index contributed by atoms with van der Waals surface area (Å²) in [7, 11) is 0. The van der Waals surface area contributed by atoms with Crippen molar-refractivity contribution in [2.75, 3.05) is 19.8 Å². The highest BCUT2D eigenvalue weighted by Crippen LogP contribution is 2.36. The molecule has 0 rings (SSSR count). The Hall–Kier alpha value is -1.29. The summed E-state index contributed by atoms with van der Waals surface area (Å²) in [5, 5.41) is 8.32. The van der Waals surface area contributed by atoms with Gasteiger partial charge in [-0.25, -0.2) is 0 Å². The molecule has 0 radical (unpaired) electrons. The smallest absolute Gasteiger partial charge is 0.371 e. The van der Waals surface area contributed by atoms with Gasteiger partial charge in [0.2, 0.25) is 0 Å². The summed E-state index contributed by atoms with van der Waals surface area (Å²) < 4.78 is 128. The number of rotatable bonds is 7. The van der Waals surface area contributed by atoms with E-state index in [2.05, 4.69) is 9.47 Å². The number of halogens is 10. The molecule has 1 atom stereocenters. The van der Waals surface area contributed by atoms with Crippen molar-refractivity contribution in [1.82, 2.24) is 0 Å². The molecule has 0 aromatic heterocycles. The van der Waals surface area contributed by atoms with Crippen LogP contribution < -0.4 is 0 Å². The number of ether oxygens (including phenoxy) is 2. The Morgan fingerprint density at radius 3 is 1.55 bits per heavy atom. The van der Waals surface area contributed by atoms with Gasteiger partial charge in [0.25, 0.3) is 0 Å². The predicted molar refractivity (Wildman–Crippen MR) is 48.2 cm³/mol. The largest absolute Gasteiger partial charge is 0.455 e. The van der Waals surface area contributed by atoms with E-state index in [1.807, 2.05) is 0 Å². The lowest BCUT2D eigenvalue weighted by Gasteiger charge is -2.22. The third-order valence-corrected chi connectivity index (χ3v) is 1.99. The third-order valence-electron chi connectivity index (χ3n) is 1.99. The van der Waals surface area contributed by atoms with Gasteiger partial charge in [0.05, 0.1) is 12.7 Å². The average Bonchev–Trinajstić information content (AvgIpc) is 2.30. The van der Waals surface area contributed by atoms with Crippen molar-refractivity contribution in [2.45, 2.75) is 30.3 Å². The lowest BCUT2D eigenvalue weighted by Crippen LogP contribution is -2.43. The summed E-state index contributed by atoms with van der Waals surface area (Å²) in [6.45, 7) is -5.91. The van der Waals surface area contributed by atoms with Crippen molar-refractivity contribution < 1.29 is 53.4 Å². The van der Waals surface area contributed by atoms with E-state index in [9.17, 15) is 43.9 Å². The minimum atomic E-state index is -5.98. The molecule has 0 aromatic carbocycles. The molecular formula is C9H7F10NO2. The van der Waals surface area contributed by atoms with E-state index < -0.39 is 50.1 Å². The van der Waals surface area contributed by atoms with Crippen LogP contribution in [-0.2, 0) is 9.47 Å². The molecule has 0 saturated heterocycles. The maximum atomic E-state index is 12.4. The van der Waals surface area contributed by atoms with Gasteiger partial charge >= 0.3 is 24.2 Å². The van der Waals surface area contributed by atoms with Crippen LogP contribution in [-0.4, -0.2) is 50.1 Å². The summed E-state index contributed by atoms with van der Waals surface area (Å²) in [4.78, 5) is 0. The maximum absolute atomic E-state index is 12.4. The molecule has 0 fully saturated rings. The Bertz CT molecular complexity index is 397. The average molecular weight is 351 g/mol. The van der Waals surface area contributed by atoms with Gasteiger partial charge in [0.1, 0.15) is 13.2 Å². The lowest BCUT2D eigenvalue weighted by molar-refractivity contribution is -0.304. The molecule has 0 N–H and O–H groups in total. The van der Waals surface area contributed by atoms with Crippen molar-refractivity contribution in [1.29, 1.82) is 5.26 Å². The van der Waals surface area contributed by atoms with E-state index in [1.54, 1.807) is 0 Å². The summed E-state index contributed by atoms with van der Waals surface area (Å²) in [6, 6.07) is 0.977. The molecule has 0 heterocycles. The van der Waals surface area contributed by atoms with Crippen LogP contribution >= 0.6 is 0 Å². The number of nitriles is 1. The Kier molecular flexibility index (Phi) is 6.46. The number of nitrogens with zero attached hydrogens (tertiary/aromatic N) is 1. The van der Waals surface area contributed by atoms with Crippen molar-refractivity contribution in [2.24, 2.45) is 0 Å². The number of hydrogen-bond donors (Lipinski definition) is 0. The van der Waals surface area contributed by atoms with Crippen LogP contribution in [0.25, 0.3) is 0 Å². The first kappa shape index (κ1) is 20.7. The van der Waals surface area contributed by atoms with Crippen molar-refractivity contribution >= 4 is 0 Å². The molecule has 0 aliphatic heterocycles. The molecule has 0 aromatic rings. The van der Waals surface area contributed by atoms with E-state index in [0.717, 1.165) is 6.07 Å². The molecule has 0 amide bonds. The van der Waals surface area contributed by atoms with Crippen LogP contribution in [0.4, 0.5) is 43.9 Å². The topological polar surface area (TPSA) is 42.2 Å². The van der Waals surface area contributed by atoms with Crippen LogP contribution in [0.1, 0.15) is 0 Å². The zero-order valence-electron chi connectivity index (χ0n) is 10.2. The second-order valence-corrected chi connectivity index (χ2v) is 3.85. The van der Waals surface area contributed by atoms with Gasteiger partial charge in [-0.15, -0.1) is 0 Å². The molecular weight excluding hydrogens is 344 g/mol. The Morgan fingerprint density at radius 1 is 0.773 bits per heavy atom. The monoisotopic (exact) mass is 351 g/mol. The molecule has 13 heteroatoms. The van der Waals surface area contributed by atoms with Gasteiger partial charge in [-0.05, 0) is 0 Å². The quantitative estimate of drug-likeness (QED) is 0.661. The SMILES string of the molecule is N#CC(COCC(F)(F)C(F)(F)F)OCC(F)(F)C(F)(F)F. The molecule has 0 aliphatic carbocycles. The van der Waals surface area contributed by atoms with E-state index in [4.69, 9.17) is 5.26 Å². The molecule has 0 bridgehead atoms. The van der Waals surface area contributed by atoms with Crippen molar-refractivity contribution in [3.05, 3.63) is 0 Å². The minimum absolute atomic E-state index is 0.977. The third kappa shape index (κ3) is 5.84. The van der Waals surface area contributed by atoms with Crippen LogP contribution in [0.2, 0.25) is 0 Å². The number of alkyl halides is 10. The standard InChI is InChI=1S/C9H7F10NO2/c10-6(11,8(14,15)16)3-21-2-5(1-20)22-4-7(12,13)9(17,18)19/h5H,2-4H2.